The molecule has 1 saturated carbocycles. The lowest BCUT2D eigenvalue weighted by atomic mass is 9.84. The van der Waals surface area contributed by atoms with Crippen LogP contribution in [0.5, 0.6) is 0 Å². The number of nitrogens with one attached hydrogen (secondary N) is 1. The topological polar surface area (TPSA) is 61.2 Å². The molecule has 1 aliphatic rings. The molecule has 84 valence electrons. The van der Waals surface area contributed by atoms with Crippen LogP contribution in [0.15, 0.2) is 0 Å². The number of amides is 1. The first-order chi connectivity index (χ1) is 7.06. The van der Waals surface area contributed by atoms with E-state index < -0.39 is 6.04 Å². The predicted octanol–water partition coefficient (Wildman–Crippen LogP) is 1.24. The summed E-state index contributed by atoms with van der Waals surface area (Å²) < 4.78 is 0. The Kier molecular flexibility index (Phi) is 4.00. The number of carbonyl (C=O) groups is 2. The van der Waals surface area contributed by atoms with E-state index in [1.807, 2.05) is 0 Å². The molecule has 15 heavy (non-hydrogen) atoms. The summed E-state index contributed by atoms with van der Waals surface area (Å²) in [6.45, 7) is 3.50. The van der Waals surface area contributed by atoms with E-state index >= 15 is 0 Å². The Hall–Kier alpha value is -1.19. The molecule has 0 radical (unpaired) electrons. The van der Waals surface area contributed by atoms with E-state index in [4.69, 9.17) is 5.41 Å². The van der Waals surface area contributed by atoms with Crippen LogP contribution >= 0.6 is 0 Å². The lowest BCUT2D eigenvalue weighted by molar-refractivity contribution is -0.135. The molecule has 1 atom stereocenters. The van der Waals surface area contributed by atoms with Crippen molar-refractivity contribution >= 4 is 17.9 Å². The van der Waals surface area contributed by atoms with Crippen molar-refractivity contribution in [3.05, 3.63) is 0 Å². The average molecular weight is 210 g/mol. The van der Waals surface area contributed by atoms with Gasteiger partial charge < -0.3 is 10.3 Å². The second-order valence-electron chi connectivity index (χ2n) is 4.19. The standard InChI is InChI=1S/C11H18N2O2/c1-8(14)11(6-12)13(9(2)15)7-10-4-3-5-10/h6,10-12H,3-5,7H2,1-2H3. The summed E-state index contributed by atoms with van der Waals surface area (Å²) in [5.74, 6) is 0.265. The Morgan fingerprint density at radius 3 is 2.33 bits per heavy atom. The molecule has 1 aliphatic carbocycles. The van der Waals surface area contributed by atoms with Gasteiger partial charge in [0.1, 0.15) is 6.04 Å². The molecule has 0 heterocycles. The lowest BCUT2D eigenvalue weighted by Gasteiger charge is -2.34. The molecule has 1 N–H and O–H groups in total. The van der Waals surface area contributed by atoms with E-state index in [9.17, 15) is 9.59 Å². The van der Waals surface area contributed by atoms with Crippen LogP contribution in [-0.2, 0) is 9.59 Å². The Morgan fingerprint density at radius 2 is 2.07 bits per heavy atom. The molecule has 1 rings (SSSR count). The smallest absolute Gasteiger partial charge is 0.220 e. The SMILES string of the molecule is CC(=O)C(C=N)N(CC1CCC1)C(C)=O. The molecule has 0 spiro atoms. The van der Waals surface area contributed by atoms with Crippen LogP contribution in [0.25, 0.3) is 0 Å². The Morgan fingerprint density at radius 1 is 1.47 bits per heavy atom. The highest BCUT2D eigenvalue weighted by atomic mass is 16.2. The average Bonchev–Trinajstić information content (AvgIpc) is 2.07. The summed E-state index contributed by atoms with van der Waals surface area (Å²) in [6, 6.07) is -0.664. The van der Waals surface area contributed by atoms with Crippen LogP contribution < -0.4 is 0 Å². The van der Waals surface area contributed by atoms with Gasteiger partial charge in [-0.1, -0.05) is 6.42 Å². The molecule has 0 aromatic carbocycles. The van der Waals surface area contributed by atoms with Crippen molar-refractivity contribution in [2.24, 2.45) is 5.92 Å². The quantitative estimate of drug-likeness (QED) is 0.694. The highest BCUT2D eigenvalue weighted by Gasteiger charge is 2.28. The molecule has 0 bridgehead atoms. The third kappa shape index (κ3) is 2.88. The van der Waals surface area contributed by atoms with E-state index in [0.717, 1.165) is 19.1 Å². The van der Waals surface area contributed by atoms with E-state index in [2.05, 4.69) is 0 Å². The van der Waals surface area contributed by atoms with Crippen LogP contribution in [0.3, 0.4) is 0 Å². The molecule has 1 unspecified atom stereocenters. The third-order valence-corrected chi connectivity index (χ3v) is 2.99. The van der Waals surface area contributed by atoms with Gasteiger partial charge in [-0.05, 0) is 25.7 Å². The van der Waals surface area contributed by atoms with Gasteiger partial charge in [-0.3, -0.25) is 9.59 Å². The van der Waals surface area contributed by atoms with Crippen molar-refractivity contribution in [2.75, 3.05) is 6.54 Å². The highest BCUT2D eigenvalue weighted by molar-refractivity contribution is 5.99. The predicted molar refractivity (Wildman–Crippen MR) is 58.0 cm³/mol. The van der Waals surface area contributed by atoms with Crippen molar-refractivity contribution in [1.82, 2.24) is 4.90 Å². The Balaban J connectivity index is 2.65. The number of Topliss-reactive ketones (excluding diaryl/α,β-unsaturated/α-hetero) is 1. The second kappa shape index (κ2) is 5.05. The van der Waals surface area contributed by atoms with Crippen molar-refractivity contribution in [2.45, 2.75) is 39.2 Å². The van der Waals surface area contributed by atoms with Gasteiger partial charge in [-0.2, -0.15) is 0 Å². The lowest BCUT2D eigenvalue weighted by Crippen LogP contribution is -2.47. The van der Waals surface area contributed by atoms with E-state index in [0.29, 0.717) is 12.5 Å². The minimum atomic E-state index is -0.664. The van der Waals surface area contributed by atoms with E-state index in [-0.39, 0.29) is 11.7 Å². The first-order valence-corrected chi connectivity index (χ1v) is 5.34. The number of hydrogen-bond donors (Lipinski definition) is 1. The molecule has 0 aliphatic heterocycles. The number of ketones is 1. The molecule has 1 amide bonds. The van der Waals surface area contributed by atoms with Crippen LogP contribution in [0.2, 0.25) is 0 Å². The zero-order valence-electron chi connectivity index (χ0n) is 9.32. The van der Waals surface area contributed by atoms with Gasteiger partial charge in [-0.15, -0.1) is 0 Å². The number of rotatable bonds is 5. The molecular formula is C11H18N2O2. The van der Waals surface area contributed by atoms with Gasteiger partial charge in [0.25, 0.3) is 0 Å². The molecule has 4 nitrogen and oxygen atoms in total. The second-order valence-corrected chi connectivity index (χ2v) is 4.19. The highest BCUT2D eigenvalue weighted by Crippen LogP contribution is 2.27. The molecule has 4 heteroatoms. The number of hydrogen-bond acceptors (Lipinski definition) is 3. The van der Waals surface area contributed by atoms with Gasteiger partial charge in [0.05, 0.1) is 0 Å². The number of nitrogens with zero attached hydrogens (tertiary/aromatic N) is 1. The van der Waals surface area contributed by atoms with Crippen molar-refractivity contribution < 1.29 is 9.59 Å². The van der Waals surface area contributed by atoms with Crippen LogP contribution in [0, 0.1) is 11.3 Å². The first kappa shape index (κ1) is 11.9. The summed E-state index contributed by atoms with van der Waals surface area (Å²) >= 11 is 0. The van der Waals surface area contributed by atoms with Gasteiger partial charge in [0, 0.05) is 19.7 Å². The van der Waals surface area contributed by atoms with Gasteiger partial charge in [-0.25, -0.2) is 0 Å². The zero-order valence-corrected chi connectivity index (χ0v) is 9.32. The van der Waals surface area contributed by atoms with Crippen molar-refractivity contribution in [3.8, 4) is 0 Å². The molecule has 0 saturated heterocycles. The fourth-order valence-electron chi connectivity index (χ4n) is 1.82. The third-order valence-electron chi connectivity index (χ3n) is 2.99. The maximum Gasteiger partial charge on any atom is 0.220 e. The summed E-state index contributed by atoms with van der Waals surface area (Å²) in [5, 5.41) is 7.19. The minimum absolute atomic E-state index is 0.120. The normalized spacial score (nSPS) is 17.7. The monoisotopic (exact) mass is 210 g/mol. The maximum atomic E-state index is 11.4. The summed E-state index contributed by atoms with van der Waals surface area (Å²) in [4.78, 5) is 24.2. The van der Waals surface area contributed by atoms with E-state index in [1.54, 1.807) is 0 Å². The Labute approximate surface area is 90.2 Å². The van der Waals surface area contributed by atoms with Gasteiger partial charge >= 0.3 is 0 Å². The largest absolute Gasteiger partial charge is 0.328 e. The van der Waals surface area contributed by atoms with Crippen molar-refractivity contribution in [3.63, 3.8) is 0 Å². The van der Waals surface area contributed by atoms with E-state index in [1.165, 1.54) is 25.2 Å². The molecule has 0 aromatic heterocycles. The maximum absolute atomic E-state index is 11.4. The zero-order chi connectivity index (χ0) is 11.4. The summed E-state index contributed by atoms with van der Waals surface area (Å²) in [5.41, 5.74) is 0. The minimum Gasteiger partial charge on any atom is -0.328 e. The van der Waals surface area contributed by atoms with Crippen molar-refractivity contribution in [1.29, 1.82) is 5.41 Å². The van der Waals surface area contributed by atoms with Crippen LogP contribution in [-0.4, -0.2) is 35.4 Å². The summed E-state index contributed by atoms with van der Waals surface area (Å²) in [7, 11) is 0. The Bertz CT molecular complexity index is 272. The van der Waals surface area contributed by atoms with Gasteiger partial charge in [0.15, 0.2) is 5.78 Å². The molecular weight excluding hydrogens is 192 g/mol. The fraction of sp³-hybridized carbons (Fsp3) is 0.727. The van der Waals surface area contributed by atoms with Crippen LogP contribution in [0.1, 0.15) is 33.1 Å². The van der Waals surface area contributed by atoms with Gasteiger partial charge in [0.2, 0.25) is 5.91 Å². The fourth-order valence-corrected chi connectivity index (χ4v) is 1.82. The van der Waals surface area contributed by atoms with Crippen LogP contribution in [0.4, 0.5) is 0 Å². The summed E-state index contributed by atoms with van der Waals surface area (Å²) in [6.07, 6.45) is 4.53. The molecule has 0 aromatic rings. The number of carbonyl (C=O) groups excluding carboxylic acids is 2. The molecule has 1 fully saturated rings. The first-order valence-electron chi connectivity index (χ1n) is 5.34.